The van der Waals surface area contributed by atoms with Crippen molar-refractivity contribution in [2.24, 2.45) is 0 Å². The number of phosphoric ester groups is 1. The van der Waals surface area contributed by atoms with Gasteiger partial charge in [0.1, 0.15) is 13.2 Å². The van der Waals surface area contributed by atoms with Crippen LogP contribution in [0.1, 0.15) is 187 Å². The molecular formula is C42H83N2O6P. The van der Waals surface area contributed by atoms with E-state index in [1.54, 1.807) is 0 Å². The summed E-state index contributed by atoms with van der Waals surface area (Å²) in [6.07, 6.45) is 38.8. The van der Waals surface area contributed by atoms with Crippen LogP contribution in [0, 0.1) is 0 Å². The number of quaternary nitrogens is 1. The molecule has 0 aliphatic rings. The van der Waals surface area contributed by atoms with E-state index in [4.69, 9.17) is 9.05 Å². The van der Waals surface area contributed by atoms with Crippen LogP contribution in [-0.2, 0) is 18.4 Å². The van der Waals surface area contributed by atoms with Crippen LogP contribution in [0.2, 0.25) is 0 Å². The number of carbonyl (C=O) groups is 1. The number of aliphatic hydroxyl groups excluding tert-OH is 1. The second kappa shape index (κ2) is 34.7. The van der Waals surface area contributed by atoms with E-state index >= 15 is 0 Å². The third-order valence-electron chi connectivity index (χ3n) is 9.44. The number of phosphoric acid groups is 1. The van der Waals surface area contributed by atoms with Crippen LogP contribution < -0.4 is 10.2 Å². The molecule has 0 aliphatic carbocycles. The third kappa shape index (κ3) is 37.1. The van der Waals surface area contributed by atoms with Gasteiger partial charge in [-0.15, -0.1) is 0 Å². The fraction of sp³-hybridized carbons (Fsp3) is 0.881. The summed E-state index contributed by atoms with van der Waals surface area (Å²) in [6, 6.07) is -0.804. The molecule has 0 fully saturated rings. The molecule has 0 aromatic rings. The van der Waals surface area contributed by atoms with Crippen molar-refractivity contribution < 1.29 is 32.9 Å². The zero-order valence-electron chi connectivity index (χ0n) is 34.1. The van der Waals surface area contributed by atoms with Crippen molar-refractivity contribution in [2.45, 2.75) is 199 Å². The van der Waals surface area contributed by atoms with Crippen LogP contribution in [0.25, 0.3) is 0 Å². The van der Waals surface area contributed by atoms with Gasteiger partial charge >= 0.3 is 0 Å². The SMILES string of the molecule is CCCCCC/C=C\C/C=C\CCCCCCCC(=O)NC(COP(=O)([O-])OCC[N+](C)(C)C)C(O)CCCCCCCCCCCCCCC. The molecular weight excluding hydrogens is 659 g/mol. The van der Waals surface area contributed by atoms with Crippen LogP contribution in [0.5, 0.6) is 0 Å². The lowest BCUT2D eigenvalue weighted by molar-refractivity contribution is -0.870. The summed E-state index contributed by atoms with van der Waals surface area (Å²) in [4.78, 5) is 25.3. The van der Waals surface area contributed by atoms with E-state index in [-0.39, 0.29) is 19.1 Å². The Hall–Kier alpha value is -1.02. The van der Waals surface area contributed by atoms with Crippen molar-refractivity contribution in [1.29, 1.82) is 0 Å². The van der Waals surface area contributed by atoms with Gasteiger partial charge in [0.15, 0.2) is 0 Å². The van der Waals surface area contributed by atoms with E-state index in [2.05, 4.69) is 43.5 Å². The molecule has 8 nitrogen and oxygen atoms in total. The van der Waals surface area contributed by atoms with E-state index in [1.165, 1.54) is 96.3 Å². The smallest absolute Gasteiger partial charge is 0.268 e. The molecule has 0 rings (SSSR count). The number of unbranched alkanes of at least 4 members (excludes halogenated alkanes) is 21. The van der Waals surface area contributed by atoms with Gasteiger partial charge < -0.3 is 28.8 Å². The van der Waals surface area contributed by atoms with E-state index in [9.17, 15) is 19.4 Å². The predicted octanol–water partition coefficient (Wildman–Crippen LogP) is 10.7. The summed E-state index contributed by atoms with van der Waals surface area (Å²) in [7, 11) is 1.29. The molecule has 0 bridgehead atoms. The number of rotatable bonds is 38. The van der Waals surface area contributed by atoms with Crippen LogP contribution in [0.3, 0.4) is 0 Å². The van der Waals surface area contributed by atoms with E-state index < -0.39 is 20.0 Å². The summed E-state index contributed by atoms with van der Waals surface area (Å²) < 4.78 is 23.2. The maximum atomic E-state index is 12.8. The van der Waals surface area contributed by atoms with Gasteiger partial charge in [-0.25, -0.2) is 0 Å². The number of nitrogens with one attached hydrogen (secondary N) is 1. The first-order chi connectivity index (χ1) is 24.5. The summed E-state index contributed by atoms with van der Waals surface area (Å²) in [5.74, 6) is -0.180. The number of hydrogen-bond donors (Lipinski definition) is 2. The Labute approximate surface area is 315 Å². The lowest BCUT2D eigenvalue weighted by Crippen LogP contribution is -2.46. The Morgan fingerprint density at radius 3 is 1.65 bits per heavy atom. The van der Waals surface area contributed by atoms with Crippen LogP contribution in [0.4, 0.5) is 0 Å². The Bertz CT molecular complexity index is 891. The molecule has 0 aliphatic heterocycles. The van der Waals surface area contributed by atoms with Crippen LogP contribution in [0.15, 0.2) is 24.3 Å². The lowest BCUT2D eigenvalue weighted by Gasteiger charge is -2.30. The highest BCUT2D eigenvalue weighted by molar-refractivity contribution is 7.45. The monoisotopic (exact) mass is 743 g/mol. The average Bonchev–Trinajstić information content (AvgIpc) is 3.07. The largest absolute Gasteiger partial charge is 0.756 e. The standard InChI is InChI=1S/C42H83N2O6P/c1-6-8-10-12-14-16-18-20-21-22-24-26-28-30-32-34-36-42(46)43-40(39-50-51(47,48)49-38-37-44(3,4)5)41(45)35-33-31-29-27-25-23-19-17-15-13-11-9-7-2/h16,18,21-22,40-41,45H,6-15,17,19-20,23-39H2,1-5H3,(H-,43,46,47,48)/b18-16-,22-21-. The van der Waals surface area contributed by atoms with Gasteiger partial charge in [-0.1, -0.05) is 160 Å². The zero-order chi connectivity index (χ0) is 37.9. The van der Waals surface area contributed by atoms with Crippen molar-refractivity contribution in [3.05, 3.63) is 24.3 Å². The van der Waals surface area contributed by atoms with Crippen molar-refractivity contribution in [3.8, 4) is 0 Å². The van der Waals surface area contributed by atoms with Gasteiger partial charge in [-0.2, -0.15) is 0 Å². The first-order valence-corrected chi connectivity index (χ1v) is 22.6. The van der Waals surface area contributed by atoms with E-state index in [0.29, 0.717) is 23.9 Å². The topological polar surface area (TPSA) is 108 Å². The molecule has 3 atom stereocenters. The molecule has 2 N–H and O–H groups in total. The highest BCUT2D eigenvalue weighted by Crippen LogP contribution is 2.38. The zero-order valence-corrected chi connectivity index (χ0v) is 35.0. The fourth-order valence-corrected chi connectivity index (χ4v) is 6.73. The van der Waals surface area contributed by atoms with Crippen molar-refractivity contribution >= 4 is 13.7 Å². The molecule has 302 valence electrons. The molecule has 51 heavy (non-hydrogen) atoms. The van der Waals surface area contributed by atoms with Crippen molar-refractivity contribution in [2.75, 3.05) is 40.9 Å². The van der Waals surface area contributed by atoms with Gasteiger partial charge in [-0.05, 0) is 44.9 Å². The van der Waals surface area contributed by atoms with Gasteiger partial charge in [0.25, 0.3) is 7.82 Å². The van der Waals surface area contributed by atoms with Crippen molar-refractivity contribution in [1.82, 2.24) is 5.32 Å². The molecule has 1 amide bonds. The maximum absolute atomic E-state index is 12.8. The minimum absolute atomic E-state index is 0.00962. The first kappa shape index (κ1) is 50.0. The van der Waals surface area contributed by atoms with E-state index in [0.717, 1.165) is 64.2 Å². The molecule has 3 unspecified atom stereocenters. The molecule has 0 heterocycles. The number of likely N-dealkylation sites (N-methyl/N-ethyl adjacent to an activating group) is 1. The number of amides is 1. The molecule has 9 heteroatoms. The number of nitrogens with zero attached hydrogens (tertiary/aromatic N) is 1. The van der Waals surface area contributed by atoms with Crippen LogP contribution in [-0.4, -0.2) is 68.5 Å². The first-order valence-electron chi connectivity index (χ1n) is 21.2. The highest BCUT2D eigenvalue weighted by atomic mass is 31.2. The number of carbonyl (C=O) groups excluding carboxylic acids is 1. The minimum Gasteiger partial charge on any atom is -0.756 e. The van der Waals surface area contributed by atoms with Gasteiger partial charge in [0, 0.05) is 6.42 Å². The minimum atomic E-state index is -4.56. The summed E-state index contributed by atoms with van der Waals surface area (Å²) in [5, 5.41) is 13.9. The lowest BCUT2D eigenvalue weighted by atomic mass is 10.0. The van der Waals surface area contributed by atoms with Crippen LogP contribution >= 0.6 is 7.82 Å². The fourth-order valence-electron chi connectivity index (χ4n) is 6.01. The number of aliphatic hydroxyl groups is 1. The quantitative estimate of drug-likeness (QED) is 0.0282. The molecule has 0 saturated heterocycles. The molecule has 0 saturated carbocycles. The summed E-state index contributed by atoms with van der Waals surface area (Å²) in [6.45, 7) is 4.68. The Kier molecular flexibility index (Phi) is 34.0. The van der Waals surface area contributed by atoms with Gasteiger partial charge in [0.2, 0.25) is 5.91 Å². The third-order valence-corrected chi connectivity index (χ3v) is 10.4. The average molecular weight is 743 g/mol. The molecule has 0 spiro atoms. The van der Waals surface area contributed by atoms with Gasteiger partial charge in [-0.3, -0.25) is 9.36 Å². The maximum Gasteiger partial charge on any atom is 0.268 e. The van der Waals surface area contributed by atoms with Crippen molar-refractivity contribution in [3.63, 3.8) is 0 Å². The summed E-state index contributed by atoms with van der Waals surface area (Å²) >= 11 is 0. The normalized spacial score (nSPS) is 14.7. The highest BCUT2D eigenvalue weighted by Gasteiger charge is 2.24. The number of allylic oxidation sites excluding steroid dienone is 4. The Morgan fingerprint density at radius 1 is 0.686 bits per heavy atom. The molecule has 0 radical (unpaired) electrons. The molecule has 0 aromatic carbocycles. The Balaban J connectivity index is 4.43. The second-order valence-corrected chi connectivity index (χ2v) is 17.1. The number of hydrogen-bond acceptors (Lipinski definition) is 6. The Morgan fingerprint density at radius 2 is 1.14 bits per heavy atom. The predicted molar refractivity (Wildman–Crippen MR) is 215 cm³/mol. The molecule has 0 aromatic heterocycles. The van der Waals surface area contributed by atoms with E-state index in [1.807, 2.05) is 21.1 Å². The second-order valence-electron chi connectivity index (χ2n) is 15.7. The summed E-state index contributed by atoms with van der Waals surface area (Å²) in [5.41, 5.74) is 0. The van der Waals surface area contributed by atoms with Gasteiger partial charge in [0.05, 0.1) is 39.9 Å².